The molecule has 2 N–H and O–H groups in total. The summed E-state index contributed by atoms with van der Waals surface area (Å²) in [5.74, 6) is -1.20. The summed E-state index contributed by atoms with van der Waals surface area (Å²) >= 11 is 0. The number of carbonyl (C=O) groups is 1. The van der Waals surface area contributed by atoms with E-state index in [1.165, 1.54) is 6.92 Å². The Morgan fingerprint density at radius 1 is 1.50 bits per heavy atom. The second-order valence-corrected chi connectivity index (χ2v) is 3.74. The number of carboxylic acid groups (broad SMARTS) is 1. The Balaban J connectivity index is 2.83. The number of aliphatic carboxylic acids is 1. The molecule has 0 saturated heterocycles. The van der Waals surface area contributed by atoms with Crippen LogP contribution in [0.3, 0.4) is 0 Å². The minimum absolute atomic E-state index is 0.129. The molecular weight excluding hydrogens is 180 g/mol. The first-order chi connectivity index (χ1) is 6.42. The van der Waals surface area contributed by atoms with Crippen LogP contribution >= 0.6 is 0 Å². The third kappa shape index (κ3) is 2.57. The Hall–Kier alpha value is -1.35. The summed E-state index contributed by atoms with van der Waals surface area (Å²) in [6, 6.07) is 7.46. The molecule has 14 heavy (non-hydrogen) atoms. The van der Waals surface area contributed by atoms with E-state index in [1.54, 1.807) is 0 Å². The maximum atomic E-state index is 10.7. The Kier molecular flexibility index (Phi) is 2.91. The van der Waals surface area contributed by atoms with E-state index in [0.29, 0.717) is 0 Å². The van der Waals surface area contributed by atoms with Crippen LogP contribution in [0.1, 0.15) is 18.1 Å². The van der Waals surface area contributed by atoms with Crippen LogP contribution in [0.2, 0.25) is 0 Å². The van der Waals surface area contributed by atoms with Crippen LogP contribution in [0, 0.1) is 6.92 Å². The number of rotatable bonds is 3. The smallest absolute Gasteiger partial charge is 0.335 e. The van der Waals surface area contributed by atoms with Gasteiger partial charge in [0.15, 0.2) is 5.60 Å². The highest BCUT2D eigenvalue weighted by Gasteiger charge is 2.29. The van der Waals surface area contributed by atoms with Crippen LogP contribution < -0.4 is 0 Å². The Labute approximate surface area is 83.0 Å². The molecule has 0 saturated carbocycles. The molecule has 0 aliphatic heterocycles. The average Bonchev–Trinajstić information content (AvgIpc) is 2.02. The molecule has 0 aliphatic rings. The summed E-state index contributed by atoms with van der Waals surface area (Å²) in [4.78, 5) is 10.7. The Morgan fingerprint density at radius 3 is 2.64 bits per heavy atom. The summed E-state index contributed by atoms with van der Waals surface area (Å²) < 4.78 is 0. The fourth-order valence-corrected chi connectivity index (χ4v) is 1.30. The van der Waals surface area contributed by atoms with Crippen LogP contribution in [0.15, 0.2) is 24.3 Å². The van der Waals surface area contributed by atoms with Gasteiger partial charge in [0.1, 0.15) is 0 Å². The van der Waals surface area contributed by atoms with Gasteiger partial charge in [-0.1, -0.05) is 29.8 Å². The van der Waals surface area contributed by atoms with Gasteiger partial charge in [-0.25, -0.2) is 4.79 Å². The largest absolute Gasteiger partial charge is 0.479 e. The highest BCUT2D eigenvalue weighted by Crippen LogP contribution is 2.14. The normalized spacial score (nSPS) is 14.8. The molecule has 1 rings (SSSR count). The number of hydrogen-bond acceptors (Lipinski definition) is 2. The lowest BCUT2D eigenvalue weighted by Gasteiger charge is -2.17. The van der Waals surface area contributed by atoms with Gasteiger partial charge in [0.05, 0.1) is 0 Å². The summed E-state index contributed by atoms with van der Waals surface area (Å²) in [5.41, 5.74) is 0.203. The topological polar surface area (TPSA) is 57.5 Å². The van der Waals surface area contributed by atoms with Crippen molar-refractivity contribution in [3.8, 4) is 0 Å². The molecule has 1 aromatic rings. The fourth-order valence-electron chi connectivity index (χ4n) is 1.30. The highest BCUT2D eigenvalue weighted by atomic mass is 16.4. The van der Waals surface area contributed by atoms with Gasteiger partial charge in [-0.15, -0.1) is 0 Å². The number of carboxylic acids is 1. The first-order valence-electron chi connectivity index (χ1n) is 4.43. The Bertz CT molecular complexity index is 342. The molecule has 0 aliphatic carbocycles. The average molecular weight is 194 g/mol. The number of aryl methyl sites for hydroxylation is 1. The van der Waals surface area contributed by atoms with E-state index in [4.69, 9.17) is 5.11 Å². The molecule has 0 aromatic heterocycles. The molecule has 0 unspecified atom stereocenters. The van der Waals surface area contributed by atoms with Crippen molar-refractivity contribution >= 4 is 5.97 Å². The van der Waals surface area contributed by atoms with Gasteiger partial charge in [0.25, 0.3) is 0 Å². The standard InChI is InChI=1S/C11H14O3/c1-8-4-3-5-9(6-8)7-11(2,14)10(12)13/h3-6,14H,7H2,1-2H3,(H,12,13)/t11-/m1/s1. The predicted molar refractivity (Wildman–Crippen MR) is 53.1 cm³/mol. The van der Waals surface area contributed by atoms with Gasteiger partial charge >= 0.3 is 5.97 Å². The second kappa shape index (κ2) is 3.80. The van der Waals surface area contributed by atoms with Crippen LogP contribution in [-0.4, -0.2) is 21.8 Å². The molecule has 0 spiro atoms. The van der Waals surface area contributed by atoms with Gasteiger partial charge in [-0.2, -0.15) is 0 Å². The monoisotopic (exact) mass is 194 g/mol. The quantitative estimate of drug-likeness (QED) is 0.764. The molecule has 0 heterocycles. The minimum atomic E-state index is -1.69. The van der Waals surface area contributed by atoms with E-state index in [1.807, 2.05) is 31.2 Å². The van der Waals surface area contributed by atoms with E-state index in [2.05, 4.69) is 0 Å². The zero-order chi connectivity index (χ0) is 10.8. The molecule has 0 fully saturated rings. The zero-order valence-electron chi connectivity index (χ0n) is 8.32. The molecule has 1 atom stereocenters. The van der Waals surface area contributed by atoms with Crippen molar-refractivity contribution in [3.05, 3.63) is 35.4 Å². The minimum Gasteiger partial charge on any atom is -0.479 e. The summed E-state index contributed by atoms with van der Waals surface area (Å²) in [5, 5.41) is 18.3. The van der Waals surface area contributed by atoms with Crippen molar-refractivity contribution in [1.29, 1.82) is 0 Å². The van der Waals surface area contributed by atoms with Crippen LogP contribution in [-0.2, 0) is 11.2 Å². The first kappa shape index (κ1) is 10.7. The maximum Gasteiger partial charge on any atom is 0.335 e. The molecule has 76 valence electrons. The van der Waals surface area contributed by atoms with Crippen LogP contribution in [0.25, 0.3) is 0 Å². The molecule has 0 radical (unpaired) electrons. The van der Waals surface area contributed by atoms with Gasteiger partial charge in [0.2, 0.25) is 0 Å². The number of benzene rings is 1. The summed E-state index contributed by atoms with van der Waals surface area (Å²) in [6.45, 7) is 3.23. The maximum absolute atomic E-state index is 10.7. The lowest BCUT2D eigenvalue weighted by atomic mass is 9.96. The van der Waals surface area contributed by atoms with Crippen molar-refractivity contribution in [3.63, 3.8) is 0 Å². The number of aliphatic hydroxyl groups is 1. The van der Waals surface area contributed by atoms with E-state index in [0.717, 1.165) is 11.1 Å². The molecular formula is C11H14O3. The van der Waals surface area contributed by atoms with E-state index in [9.17, 15) is 9.90 Å². The van der Waals surface area contributed by atoms with Crippen molar-refractivity contribution in [2.45, 2.75) is 25.9 Å². The zero-order valence-corrected chi connectivity index (χ0v) is 8.32. The van der Waals surface area contributed by atoms with Crippen molar-refractivity contribution in [2.24, 2.45) is 0 Å². The predicted octanol–water partition coefficient (Wildman–Crippen LogP) is 1.37. The second-order valence-electron chi connectivity index (χ2n) is 3.74. The summed E-state index contributed by atoms with van der Waals surface area (Å²) in [6.07, 6.45) is 0.129. The van der Waals surface area contributed by atoms with Gasteiger partial charge in [-0.05, 0) is 19.4 Å². The van der Waals surface area contributed by atoms with Crippen LogP contribution in [0.5, 0.6) is 0 Å². The van der Waals surface area contributed by atoms with Gasteiger partial charge < -0.3 is 10.2 Å². The lowest BCUT2D eigenvalue weighted by Crippen LogP contribution is -2.37. The van der Waals surface area contributed by atoms with Crippen molar-refractivity contribution in [1.82, 2.24) is 0 Å². The summed E-state index contributed by atoms with van der Waals surface area (Å²) in [7, 11) is 0. The SMILES string of the molecule is Cc1cccc(C[C@@](C)(O)C(=O)O)c1. The van der Waals surface area contributed by atoms with Crippen molar-refractivity contribution < 1.29 is 15.0 Å². The van der Waals surface area contributed by atoms with Gasteiger partial charge in [0, 0.05) is 6.42 Å². The Morgan fingerprint density at radius 2 is 2.14 bits per heavy atom. The molecule has 3 heteroatoms. The number of hydrogen-bond donors (Lipinski definition) is 2. The molecule has 1 aromatic carbocycles. The van der Waals surface area contributed by atoms with Gasteiger partial charge in [-0.3, -0.25) is 0 Å². The molecule has 3 nitrogen and oxygen atoms in total. The molecule has 0 amide bonds. The highest BCUT2D eigenvalue weighted by molar-refractivity contribution is 5.76. The fraction of sp³-hybridized carbons (Fsp3) is 0.364. The third-order valence-corrected chi connectivity index (χ3v) is 2.09. The van der Waals surface area contributed by atoms with E-state index in [-0.39, 0.29) is 6.42 Å². The first-order valence-corrected chi connectivity index (χ1v) is 4.43. The third-order valence-electron chi connectivity index (χ3n) is 2.09. The van der Waals surface area contributed by atoms with E-state index < -0.39 is 11.6 Å². The molecule has 0 bridgehead atoms. The lowest BCUT2D eigenvalue weighted by molar-refractivity contribution is -0.156. The van der Waals surface area contributed by atoms with Crippen molar-refractivity contribution in [2.75, 3.05) is 0 Å². The van der Waals surface area contributed by atoms with Crippen LogP contribution in [0.4, 0.5) is 0 Å². The van der Waals surface area contributed by atoms with E-state index >= 15 is 0 Å².